The molecule has 0 aromatic carbocycles. The van der Waals surface area contributed by atoms with Crippen molar-refractivity contribution in [3.8, 4) is 0 Å². The van der Waals surface area contributed by atoms with Crippen molar-refractivity contribution in [2.24, 2.45) is 0 Å². The summed E-state index contributed by atoms with van der Waals surface area (Å²) >= 11 is 3.82. The van der Waals surface area contributed by atoms with E-state index in [0.717, 1.165) is 6.42 Å². The van der Waals surface area contributed by atoms with Crippen LogP contribution in [-0.4, -0.2) is 54.1 Å². The summed E-state index contributed by atoms with van der Waals surface area (Å²) in [5, 5.41) is 6.75. The smallest absolute Gasteiger partial charge is 0.0940 e. The van der Waals surface area contributed by atoms with E-state index in [2.05, 4.69) is 46.4 Å². The number of nitrogens with one attached hydrogen (secondary N) is 1. The number of likely N-dealkylation sites (N-methyl/N-ethyl adjacent to an activating group) is 2. The summed E-state index contributed by atoms with van der Waals surface area (Å²) < 4.78 is 0. The van der Waals surface area contributed by atoms with Gasteiger partial charge in [0, 0.05) is 48.1 Å². The Balaban J connectivity index is 1.98. The first-order valence-electron chi connectivity index (χ1n) is 5.65. The molecule has 1 aromatic heterocycles. The molecule has 5 heteroatoms. The predicted octanol–water partition coefficient (Wildman–Crippen LogP) is 1.32. The Morgan fingerprint density at radius 3 is 3.19 bits per heavy atom. The van der Waals surface area contributed by atoms with E-state index in [-0.39, 0.29) is 0 Å². The fourth-order valence-electron chi connectivity index (χ4n) is 2.10. The van der Waals surface area contributed by atoms with Gasteiger partial charge in [-0.05, 0) is 14.1 Å². The highest BCUT2D eigenvalue weighted by molar-refractivity contribution is 7.99. The second-order valence-electron chi connectivity index (χ2n) is 4.15. The van der Waals surface area contributed by atoms with E-state index in [0.29, 0.717) is 12.1 Å². The van der Waals surface area contributed by atoms with Gasteiger partial charge in [0.1, 0.15) is 0 Å². The van der Waals surface area contributed by atoms with Crippen LogP contribution in [0.5, 0.6) is 0 Å². The van der Waals surface area contributed by atoms with Crippen LogP contribution in [0.15, 0.2) is 11.6 Å². The van der Waals surface area contributed by atoms with Crippen LogP contribution in [0.2, 0.25) is 0 Å². The second kappa shape index (κ2) is 6.00. The molecule has 2 atom stereocenters. The molecule has 0 aliphatic carbocycles. The van der Waals surface area contributed by atoms with Gasteiger partial charge in [0.25, 0.3) is 0 Å². The Morgan fingerprint density at radius 1 is 1.69 bits per heavy atom. The van der Waals surface area contributed by atoms with Crippen molar-refractivity contribution >= 4 is 23.1 Å². The van der Waals surface area contributed by atoms with Crippen LogP contribution in [0.25, 0.3) is 0 Å². The number of thioether (sulfide) groups is 1. The van der Waals surface area contributed by atoms with Gasteiger partial charge in [0.2, 0.25) is 0 Å². The minimum atomic E-state index is 0.518. The van der Waals surface area contributed by atoms with Crippen molar-refractivity contribution < 1.29 is 0 Å². The van der Waals surface area contributed by atoms with Crippen molar-refractivity contribution in [2.45, 2.75) is 18.5 Å². The molecule has 2 heterocycles. The maximum absolute atomic E-state index is 4.38. The Bertz CT molecular complexity index is 302. The summed E-state index contributed by atoms with van der Waals surface area (Å²) in [5.41, 5.74) is 0. The maximum Gasteiger partial charge on any atom is 0.0940 e. The Morgan fingerprint density at radius 2 is 2.56 bits per heavy atom. The van der Waals surface area contributed by atoms with Crippen LogP contribution in [0.1, 0.15) is 5.01 Å². The van der Waals surface area contributed by atoms with Crippen LogP contribution >= 0.6 is 23.1 Å². The number of aromatic nitrogens is 1. The average molecular weight is 257 g/mol. The molecule has 1 saturated heterocycles. The highest BCUT2D eigenvalue weighted by Crippen LogP contribution is 2.20. The van der Waals surface area contributed by atoms with Gasteiger partial charge in [0.15, 0.2) is 0 Å². The molecule has 0 radical (unpaired) electrons. The molecule has 0 bridgehead atoms. The first kappa shape index (κ1) is 12.4. The minimum Gasteiger partial charge on any atom is -0.315 e. The normalized spacial score (nSPS) is 24.5. The van der Waals surface area contributed by atoms with E-state index >= 15 is 0 Å². The van der Waals surface area contributed by atoms with E-state index in [4.69, 9.17) is 0 Å². The van der Waals surface area contributed by atoms with E-state index in [1.807, 2.05) is 6.20 Å². The van der Waals surface area contributed by atoms with Gasteiger partial charge in [-0.2, -0.15) is 11.8 Å². The lowest BCUT2D eigenvalue weighted by atomic mass is 10.1. The van der Waals surface area contributed by atoms with E-state index in [1.165, 1.54) is 23.1 Å². The molecule has 0 saturated carbocycles. The van der Waals surface area contributed by atoms with Gasteiger partial charge in [-0.25, -0.2) is 4.98 Å². The molecule has 1 aliphatic rings. The van der Waals surface area contributed by atoms with Crippen LogP contribution in [0, 0.1) is 0 Å². The SMILES string of the molecule is CNC(Cc1nccs1)C1CSCCN1C. The average Bonchev–Trinajstić information content (AvgIpc) is 2.80. The largest absolute Gasteiger partial charge is 0.315 e. The summed E-state index contributed by atoms with van der Waals surface area (Å²) in [7, 11) is 4.29. The molecule has 1 aliphatic heterocycles. The lowest BCUT2D eigenvalue weighted by Gasteiger charge is -2.37. The van der Waals surface area contributed by atoms with Crippen LogP contribution < -0.4 is 5.32 Å². The van der Waals surface area contributed by atoms with E-state index in [1.54, 1.807) is 11.3 Å². The highest BCUT2D eigenvalue weighted by Gasteiger charge is 2.27. The Labute approximate surface area is 106 Å². The third-order valence-corrected chi connectivity index (χ3v) is 5.01. The third-order valence-electron chi connectivity index (χ3n) is 3.16. The van der Waals surface area contributed by atoms with Crippen LogP contribution in [0.4, 0.5) is 0 Å². The molecular weight excluding hydrogens is 238 g/mol. The van der Waals surface area contributed by atoms with Crippen molar-refractivity contribution in [3.05, 3.63) is 16.6 Å². The fraction of sp³-hybridized carbons (Fsp3) is 0.727. The van der Waals surface area contributed by atoms with Gasteiger partial charge in [0.05, 0.1) is 5.01 Å². The summed E-state index contributed by atoms with van der Waals surface area (Å²) in [6.07, 6.45) is 2.94. The van der Waals surface area contributed by atoms with Gasteiger partial charge in [-0.1, -0.05) is 0 Å². The van der Waals surface area contributed by atoms with Crippen molar-refractivity contribution in [1.82, 2.24) is 15.2 Å². The second-order valence-corrected chi connectivity index (χ2v) is 6.28. The summed E-state index contributed by atoms with van der Waals surface area (Å²) in [5.74, 6) is 2.49. The Kier molecular flexibility index (Phi) is 4.64. The van der Waals surface area contributed by atoms with Crippen molar-refractivity contribution in [1.29, 1.82) is 0 Å². The standard InChI is InChI=1S/C11H19N3S2/c1-12-9(7-11-13-3-5-16-11)10-8-15-6-4-14(10)2/h3,5,9-10,12H,4,6-8H2,1-2H3. The zero-order valence-corrected chi connectivity index (χ0v) is 11.5. The molecule has 0 amide bonds. The molecule has 1 fully saturated rings. The Hall–Kier alpha value is -0.100. The zero-order chi connectivity index (χ0) is 11.4. The van der Waals surface area contributed by atoms with Gasteiger partial charge in [-0.3, -0.25) is 0 Å². The maximum atomic E-state index is 4.38. The first-order chi connectivity index (χ1) is 7.81. The van der Waals surface area contributed by atoms with Gasteiger partial charge < -0.3 is 10.2 Å². The molecule has 2 unspecified atom stereocenters. The lowest BCUT2D eigenvalue weighted by molar-refractivity contribution is 0.219. The summed E-state index contributed by atoms with van der Waals surface area (Å²) in [6, 6.07) is 1.15. The van der Waals surface area contributed by atoms with Gasteiger partial charge in [-0.15, -0.1) is 11.3 Å². The summed E-state index contributed by atoms with van der Waals surface area (Å²) in [4.78, 5) is 6.85. The van der Waals surface area contributed by atoms with Crippen molar-refractivity contribution in [2.75, 3.05) is 32.1 Å². The third kappa shape index (κ3) is 2.97. The number of rotatable bonds is 4. The molecule has 90 valence electrons. The van der Waals surface area contributed by atoms with Gasteiger partial charge >= 0.3 is 0 Å². The van der Waals surface area contributed by atoms with E-state index < -0.39 is 0 Å². The topological polar surface area (TPSA) is 28.2 Å². The molecule has 2 rings (SSSR count). The quantitative estimate of drug-likeness (QED) is 0.880. The molecular formula is C11H19N3S2. The number of hydrogen-bond donors (Lipinski definition) is 1. The summed E-state index contributed by atoms with van der Waals surface area (Å²) in [6.45, 7) is 1.20. The number of thiazole rings is 1. The molecule has 0 spiro atoms. The minimum absolute atomic E-state index is 0.518. The fourth-order valence-corrected chi connectivity index (χ4v) is 4.09. The van der Waals surface area contributed by atoms with E-state index in [9.17, 15) is 0 Å². The molecule has 3 nitrogen and oxygen atoms in total. The monoisotopic (exact) mass is 257 g/mol. The lowest BCUT2D eigenvalue weighted by Crippen LogP contribution is -2.52. The molecule has 16 heavy (non-hydrogen) atoms. The number of hydrogen-bond acceptors (Lipinski definition) is 5. The molecule has 1 N–H and O–H groups in total. The highest BCUT2D eigenvalue weighted by atomic mass is 32.2. The molecule has 1 aromatic rings. The predicted molar refractivity (Wildman–Crippen MR) is 72.4 cm³/mol. The zero-order valence-electron chi connectivity index (χ0n) is 9.85. The van der Waals surface area contributed by atoms with Crippen molar-refractivity contribution in [3.63, 3.8) is 0 Å². The van der Waals surface area contributed by atoms with Crippen LogP contribution in [-0.2, 0) is 6.42 Å². The first-order valence-corrected chi connectivity index (χ1v) is 7.68. The van der Waals surface area contributed by atoms with Crippen LogP contribution in [0.3, 0.4) is 0 Å². The number of nitrogens with zero attached hydrogens (tertiary/aromatic N) is 2.